The Balaban J connectivity index is 2.43. The van der Waals surface area contributed by atoms with Gasteiger partial charge in [0.2, 0.25) is 0 Å². The summed E-state index contributed by atoms with van der Waals surface area (Å²) in [4.78, 5) is 4.33. The zero-order chi connectivity index (χ0) is 12.6. The lowest BCUT2D eigenvalue weighted by atomic mass is 10.2. The topological polar surface area (TPSA) is 50.9 Å². The lowest BCUT2D eigenvalue weighted by molar-refractivity contribution is 0.199. The van der Waals surface area contributed by atoms with Gasteiger partial charge in [0.15, 0.2) is 5.82 Å². The van der Waals surface area contributed by atoms with Crippen molar-refractivity contribution in [2.45, 2.75) is 33.8 Å². The fourth-order valence-corrected chi connectivity index (χ4v) is 1.71. The Hall–Kier alpha value is -1.68. The van der Waals surface area contributed by atoms with Gasteiger partial charge < -0.3 is 5.11 Å². The highest BCUT2D eigenvalue weighted by Crippen LogP contribution is 2.17. The van der Waals surface area contributed by atoms with Crippen molar-refractivity contribution in [3.63, 3.8) is 0 Å². The monoisotopic (exact) mass is 231 g/mol. The molecule has 4 nitrogen and oxygen atoms in total. The van der Waals surface area contributed by atoms with Gasteiger partial charge in [-0.15, -0.1) is 0 Å². The first-order valence-electron chi connectivity index (χ1n) is 5.68. The Morgan fingerprint density at radius 1 is 1.24 bits per heavy atom. The molecule has 0 spiro atoms. The zero-order valence-electron chi connectivity index (χ0n) is 10.6. The number of aliphatic hydroxyl groups excluding tert-OH is 1. The summed E-state index contributed by atoms with van der Waals surface area (Å²) >= 11 is 0. The number of hydrogen-bond acceptors (Lipinski definition) is 3. The van der Waals surface area contributed by atoms with Gasteiger partial charge in [-0.05, 0) is 44.9 Å². The standard InChI is InChI=1S/C13H17N3O/c1-8-9(2)15-16(10(8)3)13-6-5-12(7-14-13)11(4)17/h5-7,11,17H,1-4H3/t11-/m0/s1. The molecule has 0 fully saturated rings. The Bertz CT molecular complexity index is 526. The van der Waals surface area contributed by atoms with Crippen LogP contribution >= 0.6 is 0 Å². The molecule has 17 heavy (non-hydrogen) atoms. The van der Waals surface area contributed by atoms with Gasteiger partial charge in [-0.25, -0.2) is 9.67 Å². The molecule has 90 valence electrons. The molecule has 0 bridgehead atoms. The molecule has 0 aromatic carbocycles. The van der Waals surface area contributed by atoms with Gasteiger partial charge in [0, 0.05) is 11.9 Å². The van der Waals surface area contributed by atoms with Gasteiger partial charge in [0.1, 0.15) is 0 Å². The third kappa shape index (κ3) is 2.08. The van der Waals surface area contributed by atoms with Gasteiger partial charge in [-0.3, -0.25) is 0 Å². The van der Waals surface area contributed by atoms with Crippen LogP contribution in [0.4, 0.5) is 0 Å². The van der Waals surface area contributed by atoms with Crippen molar-refractivity contribution in [2.24, 2.45) is 0 Å². The average Bonchev–Trinajstić information content (AvgIpc) is 2.57. The van der Waals surface area contributed by atoms with Gasteiger partial charge in [-0.2, -0.15) is 5.10 Å². The molecule has 0 saturated carbocycles. The fourth-order valence-electron chi connectivity index (χ4n) is 1.71. The van der Waals surface area contributed by atoms with E-state index in [1.165, 1.54) is 5.56 Å². The second-order valence-corrected chi connectivity index (χ2v) is 4.33. The maximum Gasteiger partial charge on any atom is 0.153 e. The molecule has 0 unspecified atom stereocenters. The van der Waals surface area contributed by atoms with E-state index in [0.717, 1.165) is 22.8 Å². The third-order valence-corrected chi connectivity index (χ3v) is 3.12. The van der Waals surface area contributed by atoms with E-state index in [9.17, 15) is 5.11 Å². The van der Waals surface area contributed by atoms with Crippen LogP contribution in [0.15, 0.2) is 18.3 Å². The second-order valence-electron chi connectivity index (χ2n) is 4.33. The highest BCUT2D eigenvalue weighted by molar-refractivity contribution is 5.32. The molecule has 0 aliphatic heterocycles. The molecule has 2 aromatic heterocycles. The third-order valence-electron chi connectivity index (χ3n) is 3.12. The molecule has 2 heterocycles. The van der Waals surface area contributed by atoms with E-state index >= 15 is 0 Å². The van der Waals surface area contributed by atoms with Gasteiger partial charge in [0.25, 0.3) is 0 Å². The Kier molecular flexibility index (Phi) is 2.98. The molecular formula is C13H17N3O. The van der Waals surface area contributed by atoms with Crippen molar-refractivity contribution in [3.8, 4) is 5.82 Å². The molecule has 0 aliphatic rings. The first-order chi connectivity index (χ1) is 8.00. The van der Waals surface area contributed by atoms with Crippen LogP contribution < -0.4 is 0 Å². The molecule has 1 N–H and O–H groups in total. The minimum absolute atomic E-state index is 0.487. The summed E-state index contributed by atoms with van der Waals surface area (Å²) in [7, 11) is 0. The van der Waals surface area contributed by atoms with Crippen LogP contribution in [0, 0.1) is 20.8 Å². The van der Waals surface area contributed by atoms with Crippen molar-refractivity contribution in [1.82, 2.24) is 14.8 Å². The van der Waals surface area contributed by atoms with Crippen molar-refractivity contribution < 1.29 is 5.11 Å². The number of nitrogens with zero attached hydrogens (tertiary/aromatic N) is 3. The van der Waals surface area contributed by atoms with Crippen molar-refractivity contribution in [2.75, 3.05) is 0 Å². The minimum atomic E-state index is -0.487. The van der Waals surface area contributed by atoms with E-state index < -0.39 is 6.10 Å². The highest BCUT2D eigenvalue weighted by Gasteiger charge is 2.10. The van der Waals surface area contributed by atoms with Crippen LogP contribution in [0.1, 0.15) is 35.5 Å². The number of pyridine rings is 1. The van der Waals surface area contributed by atoms with E-state index in [4.69, 9.17) is 0 Å². The average molecular weight is 231 g/mol. The summed E-state index contributed by atoms with van der Waals surface area (Å²) in [6, 6.07) is 3.75. The normalized spacial score (nSPS) is 12.8. The van der Waals surface area contributed by atoms with Gasteiger partial charge >= 0.3 is 0 Å². The van der Waals surface area contributed by atoms with Crippen LogP contribution in [0.3, 0.4) is 0 Å². The largest absolute Gasteiger partial charge is 0.389 e. The van der Waals surface area contributed by atoms with Crippen LogP contribution in [-0.2, 0) is 0 Å². The predicted octanol–water partition coefficient (Wildman–Crippen LogP) is 2.25. The number of aliphatic hydroxyl groups is 1. The quantitative estimate of drug-likeness (QED) is 0.862. The maximum absolute atomic E-state index is 9.43. The first-order valence-corrected chi connectivity index (χ1v) is 5.68. The summed E-state index contributed by atoms with van der Waals surface area (Å²) in [5, 5.41) is 13.9. The highest BCUT2D eigenvalue weighted by atomic mass is 16.3. The number of rotatable bonds is 2. The molecule has 4 heteroatoms. The number of aryl methyl sites for hydroxylation is 1. The first kappa shape index (κ1) is 11.8. The predicted molar refractivity (Wildman–Crippen MR) is 66.2 cm³/mol. The lowest BCUT2D eigenvalue weighted by Gasteiger charge is -2.06. The van der Waals surface area contributed by atoms with Gasteiger partial charge in [-0.1, -0.05) is 6.07 Å². The Labute approximate surface area is 101 Å². The van der Waals surface area contributed by atoms with E-state index in [0.29, 0.717) is 0 Å². The number of hydrogen-bond donors (Lipinski definition) is 1. The van der Waals surface area contributed by atoms with E-state index in [2.05, 4.69) is 17.0 Å². The van der Waals surface area contributed by atoms with Crippen LogP contribution in [0.5, 0.6) is 0 Å². The van der Waals surface area contributed by atoms with Crippen molar-refractivity contribution >= 4 is 0 Å². The maximum atomic E-state index is 9.43. The number of aromatic nitrogens is 3. The summed E-state index contributed by atoms with van der Waals surface area (Å²) in [5.41, 5.74) is 4.11. The lowest BCUT2D eigenvalue weighted by Crippen LogP contribution is -2.03. The summed E-state index contributed by atoms with van der Waals surface area (Å²) in [5.74, 6) is 0.781. The second kappa shape index (κ2) is 4.30. The Morgan fingerprint density at radius 3 is 2.35 bits per heavy atom. The molecule has 0 saturated heterocycles. The fraction of sp³-hybridized carbons (Fsp3) is 0.385. The van der Waals surface area contributed by atoms with E-state index in [-0.39, 0.29) is 0 Å². The molecule has 0 aliphatic carbocycles. The van der Waals surface area contributed by atoms with E-state index in [1.807, 2.05) is 30.7 Å². The summed E-state index contributed by atoms with van der Waals surface area (Å²) in [6.07, 6.45) is 1.20. The van der Waals surface area contributed by atoms with Crippen LogP contribution in [0.25, 0.3) is 5.82 Å². The zero-order valence-corrected chi connectivity index (χ0v) is 10.6. The molecule has 0 amide bonds. The molecule has 0 radical (unpaired) electrons. The molecule has 2 rings (SSSR count). The van der Waals surface area contributed by atoms with Gasteiger partial charge in [0.05, 0.1) is 11.8 Å². The molecule has 2 aromatic rings. The summed E-state index contributed by atoms with van der Waals surface area (Å²) in [6.45, 7) is 7.80. The smallest absolute Gasteiger partial charge is 0.153 e. The summed E-state index contributed by atoms with van der Waals surface area (Å²) < 4.78 is 1.83. The SMILES string of the molecule is Cc1nn(-c2ccc([C@H](C)O)cn2)c(C)c1C. The van der Waals surface area contributed by atoms with Crippen molar-refractivity contribution in [3.05, 3.63) is 40.8 Å². The molecular weight excluding hydrogens is 214 g/mol. The minimum Gasteiger partial charge on any atom is -0.389 e. The van der Waals surface area contributed by atoms with Crippen molar-refractivity contribution in [1.29, 1.82) is 0 Å². The van der Waals surface area contributed by atoms with E-state index in [1.54, 1.807) is 13.1 Å². The van der Waals surface area contributed by atoms with Crippen LogP contribution in [0.2, 0.25) is 0 Å². The molecule has 1 atom stereocenters. The Morgan fingerprint density at radius 2 is 1.94 bits per heavy atom. The van der Waals surface area contributed by atoms with Crippen LogP contribution in [-0.4, -0.2) is 19.9 Å².